The molecule has 22 heavy (non-hydrogen) atoms. The number of hydrogen-bond donors (Lipinski definition) is 0. The zero-order chi connectivity index (χ0) is 15.2. The van der Waals surface area contributed by atoms with E-state index in [-0.39, 0.29) is 0 Å². The van der Waals surface area contributed by atoms with Gasteiger partial charge in [-0.1, -0.05) is 48.0 Å². The summed E-state index contributed by atoms with van der Waals surface area (Å²) in [7, 11) is 0. The quantitative estimate of drug-likeness (QED) is 0.462. The summed E-state index contributed by atoms with van der Waals surface area (Å²) < 4.78 is 5.95. The highest BCUT2D eigenvalue weighted by molar-refractivity contribution is 6.30. The molecule has 3 aromatic rings. The molecule has 0 aliphatic heterocycles. The van der Waals surface area contributed by atoms with Crippen molar-refractivity contribution in [2.24, 2.45) is 4.99 Å². The molecule has 0 amide bonds. The van der Waals surface area contributed by atoms with Gasteiger partial charge in [-0.15, -0.1) is 0 Å². The lowest BCUT2D eigenvalue weighted by Gasteiger charge is -2.09. The first kappa shape index (κ1) is 14.4. The monoisotopic (exact) mass is 307 g/mol. The van der Waals surface area contributed by atoms with Crippen LogP contribution in [0.3, 0.4) is 0 Å². The van der Waals surface area contributed by atoms with Crippen molar-refractivity contribution >= 4 is 23.2 Å². The van der Waals surface area contributed by atoms with Crippen molar-refractivity contribution < 1.29 is 4.74 Å². The van der Waals surface area contributed by atoms with E-state index in [1.165, 1.54) is 0 Å². The van der Waals surface area contributed by atoms with E-state index in [9.17, 15) is 0 Å². The Balaban J connectivity index is 1.96. The molecule has 0 radical (unpaired) electrons. The number of aliphatic imine (C=N–C) groups is 1. The molecule has 0 aliphatic carbocycles. The van der Waals surface area contributed by atoms with Gasteiger partial charge < -0.3 is 4.74 Å². The molecule has 0 saturated heterocycles. The number of para-hydroxylation sites is 1. The van der Waals surface area contributed by atoms with E-state index in [2.05, 4.69) is 4.99 Å². The molecule has 0 aromatic heterocycles. The van der Waals surface area contributed by atoms with Crippen LogP contribution in [0.15, 0.2) is 89.9 Å². The zero-order valence-electron chi connectivity index (χ0n) is 11.8. The third-order valence-corrected chi connectivity index (χ3v) is 3.29. The van der Waals surface area contributed by atoms with E-state index in [1.54, 1.807) is 12.1 Å². The molecule has 0 heterocycles. The second kappa shape index (κ2) is 6.92. The van der Waals surface area contributed by atoms with Crippen LogP contribution in [0.2, 0.25) is 5.02 Å². The van der Waals surface area contributed by atoms with Crippen LogP contribution >= 0.6 is 11.6 Å². The van der Waals surface area contributed by atoms with Crippen molar-refractivity contribution in [1.82, 2.24) is 0 Å². The van der Waals surface area contributed by atoms with Crippen molar-refractivity contribution in [2.45, 2.75) is 0 Å². The lowest BCUT2D eigenvalue weighted by molar-refractivity contribution is 0.553. The first-order chi connectivity index (χ1) is 10.8. The smallest absolute Gasteiger partial charge is 0.227 e. The fourth-order valence-electron chi connectivity index (χ4n) is 1.96. The Morgan fingerprint density at radius 2 is 1.32 bits per heavy atom. The Morgan fingerprint density at radius 3 is 1.95 bits per heavy atom. The Kier molecular flexibility index (Phi) is 4.52. The number of hydrogen-bond acceptors (Lipinski definition) is 2. The van der Waals surface area contributed by atoms with Crippen LogP contribution in [0.1, 0.15) is 5.56 Å². The van der Waals surface area contributed by atoms with Crippen molar-refractivity contribution in [1.29, 1.82) is 0 Å². The van der Waals surface area contributed by atoms with Gasteiger partial charge in [-0.05, 0) is 48.5 Å². The predicted molar refractivity (Wildman–Crippen MR) is 91.2 cm³/mol. The normalized spacial score (nSPS) is 11.2. The lowest BCUT2D eigenvalue weighted by atomic mass is 10.2. The zero-order valence-corrected chi connectivity index (χ0v) is 12.6. The van der Waals surface area contributed by atoms with E-state index >= 15 is 0 Å². The fourth-order valence-corrected chi connectivity index (χ4v) is 2.09. The number of halogens is 1. The molecule has 0 N–H and O–H groups in total. The second-order valence-electron chi connectivity index (χ2n) is 4.67. The standard InChI is InChI=1S/C19H14ClNO/c20-16-11-13-18(14-12-16)22-19(15-7-3-1-4-8-15)21-17-9-5-2-6-10-17/h1-14H. The highest BCUT2D eigenvalue weighted by Gasteiger charge is 2.07. The molecule has 0 aliphatic rings. The Labute approximate surface area is 134 Å². The van der Waals surface area contributed by atoms with Gasteiger partial charge in [-0.25, -0.2) is 4.99 Å². The average molecular weight is 308 g/mol. The second-order valence-corrected chi connectivity index (χ2v) is 5.11. The van der Waals surface area contributed by atoms with Crippen LogP contribution in [-0.4, -0.2) is 5.90 Å². The fraction of sp³-hybridized carbons (Fsp3) is 0. The van der Waals surface area contributed by atoms with E-state index in [4.69, 9.17) is 16.3 Å². The number of rotatable bonds is 3. The first-order valence-corrected chi connectivity index (χ1v) is 7.32. The van der Waals surface area contributed by atoms with Crippen molar-refractivity contribution in [2.75, 3.05) is 0 Å². The van der Waals surface area contributed by atoms with Crippen LogP contribution in [0.25, 0.3) is 0 Å². The van der Waals surface area contributed by atoms with E-state index in [0.29, 0.717) is 16.7 Å². The minimum Gasteiger partial charge on any atom is -0.438 e. The predicted octanol–water partition coefficient (Wildman–Crippen LogP) is 5.50. The maximum atomic E-state index is 5.95. The topological polar surface area (TPSA) is 21.6 Å². The minimum atomic E-state index is 0.550. The largest absolute Gasteiger partial charge is 0.438 e. The summed E-state index contributed by atoms with van der Waals surface area (Å²) >= 11 is 5.91. The summed E-state index contributed by atoms with van der Waals surface area (Å²) in [4.78, 5) is 4.61. The van der Waals surface area contributed by atoms with Gasteiger partial charge in [-0.3, -0.25) is 0 Å². The van der Waals surface area contributed by atoms with Gasteiger partial charge in [0, 0.05) is 10.6 Å². The molecule has 3 heteroatoms. The molecule has 3 rings (SSSR count). The van der Waals surface area contributed by atoms with Crippen LogP contribution in [0.4, 0.5) is 5.69 Å². The molecular formula is C19H14ClNO. The third kappa shape index (κ3) is 3.74. The summed E-state index contributed by atoms with van der Waals surface area (Å²) in [5, 5.41) is 0.675. The molecule has 0 spiro atoms. The third-order valence-electron chi connectivity index (χ3n) is 3.04. The summed E-state index contributed by atoms with van der Waals surface area (Å²) in [6.07, 6.45) is 0. The molecule has 0 fully saturated rings. The average Bonchev–Trinajstić information content (AvgIpc) is 2.58. The molecule has 0 unspecified atom stereocenters. The van der Waals surface area contributed by atoms with Gasteiger partial charge in [0.15, 0.2) is 0 Å². The molecule has 0 saturated carbocycles. The van der Waals surface area contributed by atoms with Crippen LogP contribution in [0.5, 0.6) is 5.75 Å². The SMILES string of the molecule is Clc1ccc(OC(=Nc2ccccc2)c2ccccc2)cc1. The Morgan fingerprint density at radius 1 is 0.727 bits per heavy atom. The molecule has 0 atom stereocenters. The highest BCUT2D eigenvalue weighted by Crippen LogP contribution is 2.19. The molecule has 0 bridgehead atoms. The molecule has 2 nitrogen and oxygen atoms in total. The minimum absolute atomic E-state index is 0.550. The Bertz CT molecular complexity index is 752. The van der Waals surface area contributed by atoms with Gasteiger partial charge in [0.1, 0.15) is 5.75 Å². The van der Waals surface area contributed by atoms with E-state index < -0.39 is 0 Å². The van der Waals surface area contributed by atoms with Crippen LogP contribution in [0, 0.1) is 0 Å². The number of nitrogens with zero attached hydrogens (tertiary/aromatic N) is 1. The van der Waals surface area contributed by atoms with Crippen molar-refractivity contribution in [3.05, 3.63) is 95.5 Å². The first-order valence-electron chi connectivity index (χ1n) is 6.94. The lowest BCUT2D eigenvalue weighted by Crippen LogP contribution is -2.09. The molecule has 3 aromatic carbocycles. The van der Waals surface area contributed by atoms with Gasteiger partial charge in [0.2, 0.25) is 5.90 Å². The van der Waals surface area contributed by atoms with E-state index in [0.717, 1.165) is 11.3 Å². The van der Waals surface area contributed by atoms with Gasteiger partial charge in [0.25, 0.3) is 0 Å². The van der Waals surface area contributed by atoms with Gasteiger partial charge in [-0.2, -0.15) is 0 Å². The van der Waals surface area contributed by atoms with Crippen LogP contribution < -0.4 is 4.74 Å². The van der Waals surface area contributed by atoms with Gasteiger partial charge >= 0.3 is 0 Å². The number of benzene rings is 3. The number of ether oxygens (including phenoxy) is 1. The van der Waals surface area contributed by atoms with E-state index in [1.807, 2.05) is 72.8 Å². The van der Waals surface area contributed by atoms with Crippen LogP contribution in [-0.2, 0) is 0 Å². The molecular weight excluding hydrogens is 294 g/mol. The van der Waals surface area contributed by atoms with Crippen molar-refractivity contribution in [3.8, 4) is 5.75 Å². The summed E-state index contributed by atoms with van der Waals surface area (Å²) in [6, 6.07) is 26.8. The summed E-state index contributed by atoms with van der Waals surface area (Å²) in [5.74, 6) is 1.25. The highest BCUT2D eigenvalue weighted by atomic mass is 35.5. The van der Waals surface area contributed by atoms with Crippen molar-refractivity contribution in [3.63, 3.8) is 0 Å². The van der Waals surface area contributed by atoms with Gasteiger partial charge in [0.05, 0.1) is 5.69 Å². The Hall–Kier alpha value is -2.58. The maximum Gasteiger partial charge on any atom is 0.227 e. The summed E-state index contributed by atoms with van der Waals surface area (Å²) in [6.45, 7) is 0. The summed E-state index contributed by atoms with van der Waals surface area (Å²) in [5.41, 5.74) is 1.76. The maximum absolute atomic E-state index is 5.95. The molecule has 108 valence electrons.